The minimum Gasteiger partial charge on any atom is -0.493 e. The van der Waals surface area contributed by atoms with Crippen LogP contribution in [0.15, 0.2) is 36.4 Å². The number of amides is 1. The number of carbonyl (C=O) groups excluding carboxylic acids is 1. The van der Waals surface area contributed by atoms with Crippen molar-refractivity contribution in [3.8, 4) is 11.5 Å². The third-order valence-corrected chi connectivity index (χ3v) is 4.37. The highest BCUT2D eigenvalue weighted by Crippen LogP contribution is 2.27. The molecule has 4 nitrogen and oxygen atoms in total. The lowest BCUT2D eigenvalue weighted by Crippen LogP contribution is -2.30. The average Bonchev–Trinajstić information content (AvgIpc) is 2.60. The zero-order chi connectivity index (χ0) is 18.2. The summed E-state index contributed by atoms with van der Waals surface area (Å²) in [5, 5.41) is 3.92. The Morgan fingerprint density at radius 1 is 1.08 bits per heavy atom. The van der Waals surface area contributed by atoms with Gasteiger partial charge in [-0.15, -0.1) is 0 Å². The Balaban J connectivity index is 1.71. The molecule has 1 N–H and O–H groups in total. The predicted octanol–water partition coefficient (Wildman–Crippen LogP) is 4.44. The van der Waals surface area contributed by atoms with E-state index in [0.717, 1.165) is 24.0 Å². The van der Waals surface area contributed by atoms with Crippen LogP contribution in [0.5, 0.6) is 11.5 Å². The molecule has 0 saturated heterocycles. The smallest absolute Gasteiger partial charge is 0.257 e. The van der Waals surface area contributed by atoms with E-state index in [1.165, 1.54) is 0 Å². The van der Waals surface area contributed by atoms with Crippen LogP contribution in [-0.2, 0) is 11.2 Å². The summed E-state index contributed by atoms with van der Waals surface area (Å²) in [5.74, 6) is 1.00. The molecule has 2 aromatic rings. The van der Waals surface area contributed by atoms with E-state index in [9.17, 15) is 4.79 Å². The molecular weight excluding hydrogens is 361 g/mol. The highest BCUT2D eigenvalue weighted by atomic mass is 35.5. The van der Waals surface area contributed by atoms with Gasteiger partial charge in [-0.1, -0.05) is 35.3 Å². The van der Waals surface area contributed by atoms with Gasteiger partial charge in [-0.3, -0.25) is 4.79 Å². The molecule has 0 atom stereocenters. The fourth-order valence-electron chi connectivity index (χ4n) is 2.30. The third kappa shape index (κ3) is 6.15. The lowest BCUT2D eigenvalue weighted by atomic mass is 10.1. The van der Waals surface area contributed by atoms with E-state index in [4.69, 9.17) is 32.7 Å². The predicted molar refractivity (Wildman–Crippen MR) is 101 cm³/mol. The van der Waals surface area contributed by atoms with Crippen molar-refractivity contribution in [1.82, 2.24) is 5.32 Å². The van der Waals surface area contributed by atoms with Crippen molar-refractivity contribution in [3.63, 3.8) is 0 Å². The molecule has 0 bridgehead atoms. The van der Waals surface area contributed by atoms with Crippen molar-refractivity contribution in [3.05, 3.63) is 57.6 Å². The Labute approximate surface area is 158 Å². The fourth-order valence-corrected chi connectivity index (χ4v) is 2.62. The van der Waals surface area contributed by atoms with E-state index in [1.54, 1.807) is 19.2 Å². The molecule has 6 heteroatoms. The molecule has 2 aromatic carbocycles. The Hall–Kier alpha value is -1.91. The first-order valence-corrected chi connectivity index (χ1v) is 8.73. The quantitative estimate of drug-likeness (QED) is 0.687. The highest BCUT2D eigenvalue weighted by Gasteiger charge is 2.07. The Morgan fingerprint density at radius 2 is 1.88 bits per heavy atom. The number of halogens is 2. The maximum absolute atomic E-state index is 11.9. The van der Waals surface area contributed by atoms with E-state index in [0.29, 0.717) is 28.1 Å². The summed E-state index contributed by atoms with van der Waals surface area (Å²) in [4.78, 5) is 11.9. The molecule has 0 fully saturated rings. The number of carbonyl (C=O) groups is 1. The van der Waals surface area contributed by atoms with Crippen LogP contribution in [0.1, 0.15) is 17.5 Å². The van der Waals surface area contributed by atoms with Crippen LogP contribution in [0.2, 0.25) is 10.0 Å². The molecule has 2 rings (SSSR count). The molecule has 1 amide bonds. The maximum Gasteiger partial charge on any atom is 0.257 e. The van der Waals surface area contributed by atoms with Crippen LogP contribution < -0.4 is 14.8 Å². The molecule has 0 radical (unpaired) electrons. The number of aryl methyl sites for hydroxylation is 2. The van der Waals surface area contributed by atoms with Gasteiger partial charge in [0, 0.05) is 6.54 Å². The molecule has 0 aliphatic carbocycles. The molecule has 0 spiro atoms. The largest absolute Gasteiger partial charge is 0.493 e. The second kappa shape index (κ2) is 9.54. The van der Waals surface area contributed by atoms with Crippen LogP contribution >= 0.6 is 23.2 Å². The van der Waals surface area contributed by atoms with E-state index >= 15 is 0 Å². The first kappa shape index (κ1) is 19.4. The highest BCUT2D eigenvalue weighted by molar-refractivity contribution is 6.42. The van der Waals surface area contributed by atoms with Gasteiger partial charge in [-0.25, -0.2) is 0 Å². The average molecular weight is 382 g/mol. The normalized spacial score (nSPS) is 10.4. The molecule has 0 heterocycles. The Kier molecular flexibility index (Phi) is 7.41. The van der Waals surface area contributed by atoms with Gasteiger partial charge in [-0.05, 0) is 55.2 Å². The minimum absolute atomic E-state index is 0.0494. The van der Waals surface area contributed by atoms with Crippen molar-refractivity contribution in [2.45, 2.75) is 19.8 Å². The summed E-state index contributed by atoms with van der Waals surface area (Å²) in [7, 11) is 1.57. The third-order valence-electron chi connectivity index (χ3n) is 3.63. The monoisotopic (exact) mass is 381 g/mol. The molecule has 0 saturated carbocycles. The Bertz CT molecular complexity index is 735. The zero-order valence-electron chi connectivity index (χ0n) is 14.3. The Morgan fingerprint density at radius 3 is 2.60 bits per heavy atom. The fraction of sp³-hybridized carbons (Fsp3) is 0.316. The van der Waals surface area contributed by atoms with Gasteiger partial charge in [0.05, 0.1) is 17.2 Å². The molecule has 0 aromatic heterocycles. The van der Waals surface area contributed by atoms with Crippen molar-refractivity contribution >= 4 is 29.1 Å². The SMILES string of the molecule is COc1cc(C)ccc1OCC(=O)NCCCc1ccc(Cl)c(Cl)c1. The van der Waals surface area contributed by atoms with Crippen molar-refractivity contribution in [2.75, 3.05) is 20.3 Å². The van der Waals surface area contributed by atoms with Crippen LogP contribution in [0.4, 0.5) is 0 Å². The topological polar surface area (TPSA) is 47.6 Å². The van der Waals surface area contributed by atoms with Gasteiger partial charge in [-0.2, -0.15) is 0 Å². The van der Waals surface area contributed by atoms with Crippen molar-refractivity contribution in [2.24, 2.45) is 0 Å². The molecular formula is C19H21Cl2NO3. The molecule has 0 unspecified atom stereocenters. The number of benzene rings is 2. The summed E-state index contributed by atoms with van der Waals surface area (Å²) in [6.45, 7) is 2.48. The van der Waals surface area contributed by atoms with Gasteiger partial charge in [0.15, 0.2) is 18.1 Å². The second-order valence-corrected chi connectivity index (χ2v) is 6.46. The van der Waals surface area contributed by atoms with Crippen LogP contribution in [0, 0.1) is 6.92 Å². The number of ether oxygens (including phenoxy) is 2. The van der Waals surface area contributed by atoms with Gasteiger partial charge in [0.25, 0.3) is 5.91 Å². The van der Waals surface area contributed by atoms with E-state index < -0.39 is 0 Å². The molecule has 0 aliphatic rings. The van der Waals surface area contributed by atoms with Gasteiger partial charge < -0.3 is 14.8 Å². The number of nitrogens with one attached hydrogen (secondary N) is 1. The first-order valence-electron chi connectivity index (χ1n) is 7.97. The number of hydrogen-bond acceptors (Lipinski definition) is 3. The first-order chi connectivity index (χ1) is 12.0. The van der Waals surface area contributed by atoms with Crippen molar-refractivity contribution in [1.29, 1.82) is 0 Å². The number of rotatable bonds is 8. The lowest BCUT2D eigenvalue weighted by Gasteiger charge is -2.11. The lowest BCUT2D eigenvalue weighted by molar-refractivity contribution is -0.123. The van der Waals surface area contributed by atoms with Crippen LogP contribution in [0.25, 0.3) is 0 Å². The summed E-state index contributed by atoms with van der Waals surface area (Å²) in [6, 6.07) is 11.1. The van der Waals surface area contributed by atoms with E-state index in [-0.39, 0.29) is 12.5 Å². The van der Waals surface area contributed by atoms with Crippen LogP contribution in [-0.4, -0.2) is 26.2 Å². The van der Waals surface area contributed by atoms with Gasteiger partial charge in [0.2, 0.25) is 0 Å². The summed E-state index contributed by atoms with van der Waals surface area (Å²) in [6.07, 6.45) is 1.61. The van der Waals surface area contributed by atoms with E-state index in [1.807, 2.05) is 31.2 Å². The molecule has 134 valence electrons. The van der Waals surface area contributed by atoms with Gasteiger partial charge in [0.1, 0.15) is 0 Å². The summed E-state index contributed by atoms with van der Waals surface area (Å²) >= 11 is 11.9. The maximum atomic E-state index is 11.9. The number of methoxy groups -OCH3 is 1. The summed E-state index contributed by atoms with van der Waals surface area (Å²) < 4.78 is 10.8. The zero-order valence-corrected chi connectivity index (χ0v) is 15.8. The van der Waals surface area contributed by atoms with Crippen LogP contribution in [0.3, 0.4) is 0 Å². The van der Waals surface area contributed by atoms with Crippen molar-refractivity contribution < 1.29 is 14.3 Å². The minimum atomic E-state index is -0.170. The number of hydrogen-bond donors (Lipinski definition) is 1. The standard InChI is InChI=1S/C19H21Cl2NO3/c1-13-5-8-17(18(10-13)24-2)25-12-19(23)22-9-3-4-14-6-7-15(20)16(21)11-14/h5-8,10-11H,3-4,9,12H2,1-2H3,(H,22,23). The van der Waals surface area contributed by atoms with Gasteiger partial charge >= 0.3 is 0 Å². The molecule has 25 heavy (non-hydrogen) atoms. The second-order valence-electron chi connectivity index (χ2n) is 5.64. The van der Waals surface area contributed by atoms with E-state index in [2.05, 4.69) is 5.32 Å². The summed E-state index contributed by atoms with van der Waals surface area (Å²) in [5.41, 5.74) is 2.15. The molecule has 0 aliphatic heterocycles.